The predicted molar refractivity (Wildman–Crippen MR) is 88.7 cm³/mol. The lowest BCUT2D eigenvalue weighted by Crippen LogP contribution is -2.42. The van der Waals surface area contributed by atoms with Crippen LogP contribution < -0.4 is 5.32 Å². The second-order valence-electron chi connectivity index (χ2n) is 7.51. The number of hydrogen-bond donors (Lipinski definition) is 1. The van der Waals surface area contributed by atoms with Gasteiger partial charge in [-0.15, -0.1) is 0 Å². The molecule has 1 aromatic carbocycles. The lowest BCUT2D eigenvalue weighted by atomic mass is 9.90. The topological polar surface area (TPSA) is 21.3 Å². The van der Waals surface area contributed by atoms with E-state index in [2.05, 4.69) is 69.5 Å². The van der Waals surface area contributed by atoms with E-state index >= 15 is 0 Å². The van der Waals surface area contributed by atoms with Crippen LogP contribution in [0.2, 0.25) is 18.1 Å². The molecule has 1 aliphatic rings. The average Bonchev–Trinajstić information content (AvgIpc) is 2.84. The summed E-state index contributed by atoms with van der Waals surface area (Å²) >= 11 is 0. The Morgan fingerprint density at radius 3 is 2.40 bits per heavy atom. The van der Waals surface area contributed by atoms with Gasteiger partial charge in [0, 0.05) is 31.5 Å². The van der Waals surface area contributed by atoms with Gasteiger partial charge in [-0.2, -0.15) is 0 Å². The highest BCUT2D eigenvalue weighted by Gasteiger charge is 2.39. The Hall–Kier alpha value is -0.643. The molecule has 1 N–H and O–H groups in total. The molecule has 1 aromatic rings. The molecule has 0 amide bonds. The van der Waals surface area contributed by atoms with E-state index < -0.39 is 8.32 Å². The first-order valence-electron chi connectivity index (χ1n) is 7.71. The molecule has 20 heavy (non-hydrogen) atoms. The van der Waals surface area contributed by atoms with Gasteiger partial charge in [0.2, 0.25) is 0 Å². The zero-order valence-corrected chi connectivity index (χ0v) is 14.6. The Morgan fingerprint density at radius 2 is 1.80 bits per heavy atom. The molecule has 3 heteroatoms. The molecular weight excluding hydrogens is 262 g/mol. The molecule has 1 fully saturated rings. The van der Waals surface area contributed by atoms with Crippen molar-refractivity contribution >= 4 is 8.32 Å². The van der Waals surface area contributed by atoms with Crippen molar-refractivity contribution in [2.75, 3.05) is 19.7 Å². The van der Waals surface area contributed by atoms with Crippen LogP contribution in [0.15, 0.2) is 30.3 Å². The molecule has 0 unspecified atom stereocenters. The van der Waals surface area contributed by atoms with Crippen LogP contribution in [0.5, 0.6) is 0 Å². The minimum atomic E-state index is -1.63. The minimum Gasteiger partial charge on any atom is -0.416 e. The number of benzene rings is 1. The van der Waals surface area contributed by atoms with Gasteiger partial charge in [0.1, 0.15) is 0 Å². The molecule has 2 rings (SSSR count). The SMILES string of the molecule is CC(C)(C)[Si](C)(C)OC[C@@H]1CNC[C@@H]1c1ccccc1. The van der Waals surface area contributed by atoms with E-state index in [0.29, 0.717) is 16.9 Å². The lowest BCUT2D eigenvalue weighted by molar-refractivity contribution is 0.227. The maximum absolute atomic E-state index is 6.43. The van der Waals surface area contributed by atoms with Gasteiger partial charge in [0.15, 0.2) is 8.32 Å². The normalized spacial score (nSPS) is 24.1. The van der Waals surface area contributed by atoms with Crippen molar-refractivity contribution in [1.82, 2.24) is 5.32 Å². The van der Waals surface area contributed by atoms with E-state index in [9.17, 15) is 0 Å². The molecule has 0 bridgehead atoms. The second kappa shape index (κ2) is 6.00. The molecule has 112 valence electrons. The van der Waals surface area contributed by atoms with E-state index in [1.807, 2.05) is 0 Å². The van der Waals surface area contributed by atoms with Crippen LogP contribution in [0.25, 0.3) is 0 Å². The van der Waals surface area contributed by atoms with Crippen molar-refractivity contribution in [3.05, 3.63) is 35.9 Å². The smallest absolute Gasteiger partial charge is 0.191 e. The summed E-state index contributed by atoms with van der Waals surface area (Å²) in [6, 6.07) is 10.9. The second-order valence-corrected chi connectivity index (χ2v) is 12.3. The molecule has 1 saturated heterocycles. The van der Waals surface area contributed by atoms with Crippen LogP contribution in [0.4, 0.5) is 0 Å². The fraction of sp³-hybridized carbons (Fsp3) is 0.647. The fourth-order valence-electron chi connectivity index (χ4n) is 2.53. The number of nitrogens with one attached hydrogen (secondary N) is 1. The molecule has 1 aliphatic heterocycles. The third kappa shape index (κ3) is 3.51. The van der Waals surface area contributed by atoms with E-state index in [4.69, 9.17) is 4.43 Å². The van der Waals surface area contributed by atoms with Gasteiger partial charge in [-0.1, -0.05) is 51.1 Å². The van der Waals surface area contributed by atoms with Gasteiger partial charge >= 0.3 is 0 Å². The Labute approximate surface area is 125 Å². The minimum absolute atomic E-state index is 0.293. The van der Waals surface area contributed by atoms with Crippen LogP contribution in [0, 0.1) is 5.92 Å². The first-order valence-corrected chi connectivity index (χ1v) is 10.6. The third-order valence-electron chi connectivity index (χ3n) is 5.03. The van der Waals surface area contributed by atoms with Gasteiger partial charge in [0.25, 0.3) is 0 Å². The maximum atomic E-state index is 6.43. The van der Waals surface area contributed by atoms with Gasteiger partial charge < -0.3 is 9.74 Å². The molecule has 0 spiro atoms. The Kier molecular flexibility index (Phi) is 4.72. The third-order valence-corrected chi connectivity index (χ3v) is 9.53. The van der Waals surface area contributed by atoms with E-state index in [-0.39, 0.29) is 0 Å². The zero-order valence-electron chi connectivity index (χ0n) is 13.6. The van der Waals surface area contributed by atoms with Gasteiger partial charge in [0.05, 0.1) is 0 Å². The Balaban J connectivity index is 1.99. The van der Waals surface area contributed by atoms with Crippen LogP contribution in [0.3, 0.4) is 0 Å². The van der Waals surface area contributed by atoms with Crippen molar-refractivity contribution < 1.29 is 4.43 Å². The average molecular weight is 292 g/mol. The highest BCUT2D eigenvalue weighted by molar-refractivity contribution is 6.74. The molecule has 1 heterocycles. The van der Waals surface area contributed by atoms with E-state index in [1.165, 1.54) is 5.56 Å². The summed E-state index contributed by atoms with van der Waals surface area (Å²) in [5.74, 6) is 1.20. The van der Waals surface area contributed by atoms with Gasteiger partial charge in [-0.05, 0) is 23.7 Å². The summed E-state index contributed by atoms with van der Waals surface area (Å²) in [6.45, 7) is 14.6. The monoisotopic (exact) mass is 291 g/mol. The molecule has 0 aliphatic carbocycles. The summed E-state index contributed by atoms with van der Waals surface area (Å²) in [5, 5.41) is 3.82. The van der Waals surface area contributed by atoms with Crippen LogP contribution in [-0.2, 0) is 4.43 Å². The summed E-state index contributed by atoms with van der Waals surface area (Å²) < 4.78 is 6.43. The van der Waals surface area contributed by atoms with E-state index in [0.717, 1.165) is 19.7 Å². The van der Waals surface area contributed by atoms with Crippen LogP contribution in [-0.4, -0.2) is 28.0 Å². The molecule has 0 saturated carbocycles. The van der Waals surface area contributed by atoms with Crippen molar-refractivity contribution in [3.8, 4) is 0 Å². The molecule has 0 aromatic heterocycles. The lowest BCUT2D eigenvalue weighted by Gasteiger charge is -2.37. The van der Waals surface area contributed by atoms with Crippen molar-refractivity contribution in [2.24, 2.45) is 5.92 Å². The van der Waals surface area contributed by atoms with E-state index in [1.54, 1.807) is 0 Å². The number of rotatable bonds is 4. The summed E-state index contributed by atoms with van der Waals surface area (Å²) in [7, 11) is -1.63. The first kappa shape index (κ1) is 15.7. The zero-order chi connectivity index (χ0) is 14.8. The van der Waals surface area contributed by atoms with Crippen LogP contribution >= 0.6 is 0 Å². The largest absolute Gasteiger partial charge is 0.416 e. The van der Waals surface area contributed by atoms with Crippen molar-refractivity contribution in [2.45, 2.75) is 44.8 Å². The molecule has 0 radical (unpaired) electrons. The Morgan fingerprint density at radius 1 is 1.15 bits per heavy atom. The van der Waals surface area contributed by atoms with Crippen LogP contribution in [0.1, 0.15) is 32.3 Å². The fourth-order valence-corrected chi connectivity index (χ4v) is 3.59. The number of hydrogen-bond acceptors (Lipinski definition) is 2. The molecule has 2 atom stereocenters. The Bertz CT molecular complexity index is 424. The maximum Gasteiger partial charge on any atom is 0.191 e. The van der Waals surface area contributed by atoms with Crippen molar-refractivity contribution in [1.29, 1.82) is 0 Å². The first-order chi connectivity index (χ1) is 9.31. The van der Waals surface area contributed by atoms with Gasteiger partial charge in [-0.25, -0.2) is 0 Å². The summed E-state index contributed by atoms with van der Waals surface area (Å²) in [6.07, 6.45) is 0. The predicted octanol–water partition coefficient (Wildman–Crippen LogP) is 4.01. The summed E-state index contributed by atoms with van der Waals surface area (Å²) in [5.41, 5.74) is 1.45. The molecular formula is C17H29NOSi. The highest BCUT2D eigenvalue weighted by atomic mass is 28.4. The molecule has 2 nitrogen and oxygen atoms in total. The van der Waals surface area contributed by atoms with Crippen molar-refractivity contribution in [3.63, 3.8) is 0 Å². The highest BCUT2D eigenvalue weighted by Crippen LogP contribution is 2.38. The van der Waals surface area contributed by atoms with Gasteiger partial charge in [-0.3, -0.25) is 0 Å². The summed E-state index contributed by atoms with van der Waals surface area (Å²) in [4.78, 5) is 0. The standard InChI is InChI=1S/C17H29NOSi/c1-17(2,3)20(4,5)19-13-15-11-18-12-16(15)14-9-7-6-8-10-14/h6-10,15-16,18H,11-13H2,1-5H3/t15-,16+/m0/s1. The quantitative estimate of drug-likeness (QED) is 0.846.